The molecule has 0 aliphatic carbocycles. The van der Waals surface area contributed by atoms with Crippen molar-refractivity contribution in [3.05, 3.63) is 47.8 Å². The molecule has 5 nitrogen and oxygen atoms in total. The van der Waals surface area contributed by atoms with Gasteiger partial charge in [-0.3, -0.25) is 0 Å². The number of aryl methyl sites for hydroxylation is 1. The Labute approximate surface area is 124 Å². The van der Waals surface area contributed by atoms with E-state index in [0.717, 1.165) is 43.3 Å². The first kappa shape index (κ1) is 13.4. The molecule has 5 heteroatoms. The van der Waals surface area contributed by atoms with E-state index in [1.54, 1.807) is 12.4 Å². The molecule has 21 heavy (non-hydrogen) atoms. The molecule has 2 heterocycles. The van der Waals surface area contributed by atoms with Gasteiger partial charge in [0.15, 0.2) is 0 Å². The van der Waals surface area contributed by atoms with Gasteiger partial charge in [0.05, 0.1) is 11.6 Å². The summed E-state index contributed by atoms with van der Waals surface area (Å²) in [5.74, 6) is 0.799. The number of anilines is 2. The van der Waals surface area contributed by atoms with Crippen molar-refractivity contribution in [2.24, 2.45) is 0 Å². The Morgan fingerprint density at radius 2 is 1.71 bits per heavy atom. The molecule has 1 aromatic heterocycles. The number of hydrogen-bond donors (Lipinski definition) is 0. The van der Waals surface area contributed by atoms with Crippen molar-refractivity contribution in [2.75, 3.05) is 36.0 Å². The predicted molar refractivity (Wildman–Crippen MR) is 82.4 cm³/mol. The molecule has 0 saturated carbocycles. The maximum Gasteiger partial charge on any atom is 0.225 e. The SMILES string of the molecule is Cc1cc(N2CCN(c3ncccn3)CC2)ccc1C#N. The van der Waals surface area contributed by atoms with Crippen LogP contribution in [0.5, 0.6) is 0 Å². The molecule has 1 aromatic carbocycles. The molecule has 1 aliphatic heterocycles. The third kappa shape index (κ3) is 2.79. The molecule has 106 valence electrons. The number of aromatic nitrogens is 2. The third-order valence-corrected chi connectivity index (χ3v) is 3.81. The van der Waals surface area contributed by atoms with Gasteiger partial charge in [0.2, 0.25) is 5.95 Å². The first-order valence-corrected chi connectivity index (χ1v) is 7.05. The van der Waals surface area contributed by atoms with E-state index in [4.69, 9.17) is 5.26 Å². The second kappa shape index (κ2) is 5.80. The van der Waals surface area contributed by atoms with Crippen LogP contribution in [0.4, 0.5) is 11.6 Å². The molecule has 0 amide bonds. The zero-order chi connectivity index (χ0) is 14.7. The fourth-order valence-electron chi connectivity index (χ4n) is 2.59. The van der Waals surface area contributed by atoms with Gasteiger partial charge in [0, 0.05) is 44.3 Å². The van der Waals surface area contributed by atoms with Gasteiger partial charge in [-0.15, -0.1) is 0 Å². The predicted octanol–water partition coefficient (Wildman–Crippen LogP) is 1.98. The summed E-state index contributed by atoms with van der Waals surface area (Å²) in [5.41, 5.74) is 2.96. The fraction of sp³-hybridized carbons (Fsp3) is 0.312. The van der Waals surface area contributed by atoms with E-state index >= 15 is 0 Å². The van der Waals surface area contributed by atoms with Gasteiger partial charge < -0.3 is 9.80 Å². The summed E-state index contributed by atoms with van der Waals surface area (Å²) >= 11 is 0. The van der Waals surface area contributed by atoms with Gasteiger partial charge in [0.1, 0.15) is 0 Å². The van der Waals surface area contributed by atoms with E-state index in [-0.39, 0.29) is 0 Å². The number of benzene rings is 1. The quantitative estimate of drug-likeness (QED) is 0.841. The standard InChI is InChI=1S/C16H17N5/c1-13-11-15(4-3-14(13)12-17)20-7-9-21(10-8-20)16-18-5-2-6-19-16/h2-6,11H,7-10H2,1H3. The van der Waals surface area contributed by atoms with Crippen molar-refractivity contribution in [1.29, 1.82) is 5.26 Å². The van der Waals surface area contributed by atoms with Gasteiger partial charge in [0.25, 0.3) is 0 Å². The van der Waals surface area contributed by atoms with Crippen LogP contribution in [-0.4, -0.2) is 36.1 Å². The normalized spacial score (nSPS) is 14.9. The van der Waals surface area contributed by atoms with E-state index in [1.807, 2.05) is 25.1 Å². The van der Waals surface area contributed by atoms with E-state index in [9.17, 15) is 0 Å². The molecule has 1 fully saturated rings. The number of piperazine rings is 1. The molecule has 0 bridgehead atoms. The molecule has 0 N–H and O–H groups in total. The van der Waals surface area contributed by atoms with E-state index in [0.29, 0.717) is 0 Å². The third-order valence-electron chi connectivity index (χ3n) is 3.81. The Hall–Kier alpha value is -2.61. The lowest BCUT2D eigenvalue weighted by atomic mass is 10.1. The Bertz CT molecular complexity index is 654. The second-order valence-electron chi connectivity index (χ2n) is 5.13. The van der Waals surface area contributed by atoms with Gasteiger partial charge in [-0.2, -0.15) is 5.26 Å². The highest BCUT2D eigenvalue weighted by atomic mass is 15.3. The maximum absolute atomic E-state index is 9.00. The molecular weight excluding hydrogens is 262 g/mol. The molecule has 1 aliphatic rings. The lowest BCUT2D eigenvalue weighted by molar-refractivity contribution is 0.640. The Morgan fingerprint density at radius 1 is 1.05 bits per heavy atom. The molecular formula is C16H17N5. The Balaban J connectivity index is 1.69. The molecule has 3 rings (SSSR count). The smallest absolute Gasteiger partial charge is 0.225 e. The summed E-state index contributed by atoms with van der Waals surface area (Å²) in [5, 5.41) is 9.00. The summed E-state index contributed by atoms with van der Waals surface area (Å²) in [6.07, 6.45) is 3.55. The summed E-state index contributed by atoms with van der Waals surface area (Å²) in [6.45, 7) is 5.66. The van der Waals surface area contributed by atoms with Crippen LogP contribution in [0.1, 0.15) is 11.1 Å². The Kier molecular flexibility index (Phi) is 3.69. The van der Waals surface area contributed by atoms with Crippen LogP contribution in [0.25, 0.3) is 0 Å². The summed E-state index contributed by atoms with van der Waals surface area (Å²) in [6, 6.07) is 10.1. The van der Waals surface area contributed by atoms with E-state index in [2.05, 4.69) is 31.9 Å². The van der Waals surface area contributed by atoms with Crippen molar-refractivity contribution in [3.8, 4) is 6.07 Å². The van der Waals surface area contributed by atoms with Gasteiger partial charge in [-0.25, -0.2) is 9.97 Å². The first-order valence-electron chi connectivity index (χ1n) is 7.05. The number of nitrogens with zero attached hydrogens (tertiary/aromatic N) is 5. The van der Waals surface area contributed by atoms with Crippen molar-refractivity contribution < 1.29 is 0 Å². The monoisotopic (exact) mass is 279 g/mol. The van der Waals surface area contributed by atoms with Crippen LogP contribution in [0.3, 0.4) is 0 Å². The van der Waals surface area contributed by atoms with Crippen LogP contribution < -0.4 is 9.80 Å². The second-order valence-corrected chi connectivity index (χ2v) is 5.13. The van der Waals surface area contributed by atoms with Crippen LogP contribution in [0.15, 0.2) is 36.7 Å². The Morgan fingerprint density at radius 3 is 2.33 bits per heavy atom. The summed E-state index contributed by atoms with van der Waals surface area (Å²) in [7, 11) is 0. The van der Waals surface area contributed by atoms with E-state index in [1.165, 1.54) is 5.69 Å². The molecule has 2 aromatic rings. The number of rotatable bonds is 2. The summed E-state index contributed by atoms with van der Waals surface area (Å²) in [4.78, 5) is 13.1. The average Bonchev–Trinajstić information content (AvgIpc) is 2.56. The average molecular weight is 279 g/mol. The molecule has 0 spiro atoms. The summed E-state index contributed by atoms with van der Waals surface area (Å²) < 4.78 is 0. The van der Waals surface area contributed by atoms with Crippen molar-refractivity contribution >= 4 is 11.6 Å². The van der Waals surface area contributed by atoms with Crippen LogP contribution in [0, 0.1) is 18.3 Å². The van der Waals surface area contributed by atoms with Crippen molar-refractivity contribution in [2.45, 2.75) is 6.92 Å². The zero-order valence-electron chi connectivity index (χ0n) is 12.0. The largest absolute Gasteiger partial charge is 0.368 e. The fourth-order valence-corrected chi connectivity index (χ4v) is 2.59. The molecule has 0 radical (unpaired) electrons. The molecule has 1 saturated heterocycles. The van der Waals surface area contributed by atoms with Gasteiger partial charge in [-0.1, -0.05) is 0 Å². The number of nitriles is 1. The highest BCUT2D eigenvalue weighted by molar-refractivity contribution is 5.54. The topological polar surface area (TPSA) is 56.1 Å². The minimum absolute atomic E-state index is 0.745. The van der Waals surface area contributed by atoms with Crippen LogP contribution in [-0.2, 0) is 0 Å². The highest BCUT2D eigenvalue weighted by Gasteiger charge is 2.19. The van der Waals surface area contributed by atoms with Crippen LogP contribution >= 0.6 is 0 Å². The lowest BCUT2D eigenvalue weighted by Gasteiger charge is -2.36. The molecule has 0 atom stereocenters. The molecule has 0 unspecified atom stereocenters. The van der Waals surface area contributed by atoms with Crippen molar-refractivity contribution in [1.82, 2.24) is 9.97 Å². The zero-order valence-corrected chi connectivity index (χ0v) is 12.0. The first-order chi connectivity index (χ1) is 10.3. The maximum atomic E-state index is 9.00. The van der Waals surface area contributed by atoms with Gasteiger partial charge in [-0.05, 0) is 36.8 Å². The van der Waals surface area contributed by atoms with Gasteiger partial charge >= 0.3 is 0 Å². The minimum Gasteiger partial charge on any atom is -0.368 e. The minimum atomic E-state index is 0.745. The highest BCUT2D eigenvalue weighted by Crippen LogP contribution is 2.21. The number of hydrogen-bond acceptors (Lipinski definition) is 5. The van der Waals surface area contributed by atoms with E-state index < -0.39 is 0 Å². The lowest BCUT2D eigenvalue weighted by Crippen LogP contribution is -2.47. The van der Waals surface area contributed by atoms with Crippen LogP contribution in [0.2, 0.25) is 0 Å². The van der Waals surface area contributed by atoms with Crippen molar-refractivity contribution in [3.63, 3.8) is 0 Å².